The first kappa shape index (κ1) is 22.7. The molecule has 0 bridgehead atoms. The number of rotatable bonds is 6. The number of fused-ring (bicyclic) bond motifs is 1. The van der Waals surface area contributed by atoms with E-state index in [1.165, 1.54) is 17.2 Å². The molecule has 3 heterocycles. The molecule has 0 unspecified atom stereocenters. The van der Waals surface area contributed by atoms with Gasteiger partial charge in [0.25, 0.3) is 0 Å². The SMILES string of the molecule is CSc1cc(F)c(-n2ncc3c(OC4CCC(c5nc(C(C)C)no5)CC4)ncnc32)cc1F. The molecule has 178 valence electrons. The summed E-state index contributed by atoms with van der Waals surface area (Å²) in [5, 5.41) is 8.84. The molecule has 1 saturated carbocycles. The van der Waals surface area contributed by atoms with E-state index in [9.17, 15) is 8.78 Å². The summed E-state index contributed by atoms with van der Waals surface area (Å²) in [5.41, 5.74) is 0.330. The fourth-order valence-corrected chi connectivity index (χ4v) is 4.64. The summed E-state index contributed by atoms with van der Waals surface area (Å²) >= 11 is 1.14. The molecular weight excluding hydrogens is 462 g/mol. The first-order chi connectivity index (χ1) is 16.4. The van der Waals surface area contributed by atoms with Crippen molar-refractivity contribution in [3.63, 3.8) is 0 Å². The molecule has 4 aromatic rings. The second-order valence-electron chi connectivity index (χ2n) is 8.65. The van der Waals surface area contributed by atoms with Gasteiger partial charge in [0.15, 0.2) is 11.5 Å². The molecule has 1 fully saturated rings. The standard InChI is InChI=1S/C23H24F2N6O2S/c1-12(2)20-29-22(33-30-20)13-4-6-14(7-5-13)32-23-15-10-28-31(21(15)26-11-27-23)18-8-17(25)19(34-3)9-16(18)24/h8-14H,4-7H2,1-3H3. The first-order valence-electron chi connectivity index (χ1n) is 11.2. The molecule has 8 nitrogen and oxygen atoms in total. The van der Waals surface area contributed by atoms with Crippen molar-refractivity contribution in [2.45, 2.75) is 62.4 Å². The monoisotopic (exact) mass is 486 g/mol. The van der Waals surface area contributed by atoms with Crippen LogP contribution in [0.15, 0.2) is 34.1 Å². The maximum atomic E-state index is 14.7. The minimum absolute atomic E-state index is 0.0178. The summed E-state index contributed by atoms with van der Waals surface area (Å²) < 4.78 is 41.9. The zero-order chi connectivity index (χ0) is 23.8. The van der Waals surface area contributed by atoms with E-state index in [1.807, 2.05) is 13.8 Å². The van der Waals surface area contributed by atoms with Gasteiger partial charge in [-0.3, -0.25) is 0 Å². The largest absolute Gasteiger partial charge is 0.474 e. The van der Waals surface area contributed by atoms with Crippen molar-refractivity contribution in [3.8, 4) is 11.6 Å². The molecule has 5 rings (SSSR count). The van der Waals surface area contributed by atoms with Crippen LogP contribution in [0.1, 0.15) is 63.1 Å². The summed E-state index contributed by atoms with van der Waals surface area (Å²) in [6, 6.07) is 2.28. The smallest absolute Gasteiger partial charge is 0.229 e. The van der Waals surface area contributed by atoms with Crippen LogP contribution in [0, 0.1) is 11.6 Å². The van der Waals surface area contributed by atoms with E-state index in [2.05, 4.69) is 25.2 Å². The van der Waals surface area contributed by atoms with Crippen molar-refractivity contribution >= 4 is 22.8 Å². The van der Waals surface area contributed by atoms with Gasteiger partial charge >= 0.3 is 0 Å². The van der Waals surface area contributed by atoms with Crippen molar-refractivity contribution < 1.29 is 18.0 Å². The molecule has 0 amide bonds. The Bertz CT molecular complexity index is 1320. The van der Waals surface area contributed by atoms with E-state index in [0.717, 1.165) is 55.4 Å². The highest BCUT2D eigenvalue weighted by molar-refractivity contribution is 7.98. The predicted octanol–water partition coefficient (Wildman–Crippen LogP) is 5.43. The quantitative estimate of drug-likeness (QED) is 0.333. The predicted molar refractivity (Wildman–Crippen MR) is 122 cm³/mol. The lowest BCUT2D eigenvalue weighted by molar-refractivity contribution is 0.135. The zero-order valence-electron chi connectivity index (χ0n) is 19.0. The van der Waals surface area contributed by atoms with E-state index < -0.39 is 11.6 Å². The lowest BCUT2D eigenvalue weighted by Gasteiger charge is -2.26. The molecule has 0 N–H and O–H groups in total. The second kappa shape index (κ2) is 9.28. The van der Waals surface area contributed by atoms with Crippen LogP contribution in [-0.2, 0) is 0 Å². The Kier molecular flexibility index (Phi) is 6.20. The molecule has 0 radical (unpaired) electrons. The average Bonchev–Trinajstić information content (AvgIpc) is 3.49. The van der Waals surface area contributed by atoms with Gasteiger partial charge in [-0.25, -0.2) is 23.4 Å². The van der Waals surface area contributed by atoms with Gasteiger partial charge in [0.05, 0.1) is 6.20 Å². The van der Waals surface area contributed by atoms with E-state index in [-0.39, 0.29) is 28.5 Å². The van der Waals surface area contributed by atoms with Gasteiger partial charge in [-0.15, -0.1) is 11.8 Å². The van der Waals surface area contributed by atoms with E-state index in [1.54, 1.807) is 6.26 Å². The Morgan fingerprint density at radius 3 is 2.62 bits per heavy atom. The summed E-state index contributed by atoms with van der Waals surface area (Å²) in [4.78, 5) is 13.3. The zero-order valence-corrected chi connectivity index (χ0v) is 19.9. The molecule has 0 atom stereocenters. The normalized spacial score (nSPS) is 18.6. The van der Waals surface area contributed by atoms with Crippen LogP contribution in [0.3, 0.4) is 0 Å². The van der Waals surface area contributed by atoms with E-state index in [4.69, 9.17) is 9.26 Å². The average molecular weight is 487 g/mol. The highest BCUT2D eigenvalue weighted by Crippen LogP contribution is 2.35. The second-order valence-corrected chi connectivity index (χ2v) is 9.50. The Labute approximate surface area is 199 Å². The summed E-state index contributed by atoms with van der Waals surface area (Å²) in [6.07, 6.45) is 7.85. The van der Waals surface area contributed by atoms with Crippen molar-refractivity contribution in [1.29, 1.82) is 0 Å². The summed E-state index contributed by atoms with van der Waals surface area (Å²) in [6.45, 7) is 4.07. The van der Waals surface area contributed by atoms with Crippen molar-refractivity contribution in [1.82, 2.24) is 29.9 Å². The van der Waals surface area contributed by atoms with Crippen LogP contribution < -0.4 is 4.74 Å². The Hall–Kier alpha value is -3.08. The lowest BCUT2D eigenvalue weighted by atomic mass is 9.87. The molecule has 11 heteroatoms. The van der Waals surface area contributed by atoms with Crippen LogP contribution in [0.4, 0.5) is 8.78 Å². The number of ether oxygens (including phenoxy) is 1. The number of thioether (sulfide) groups is 1. The van der Waals surface area contributed by atoms with Crippen LogP contribution >= 0.6 is 11.8 Å². The van der Waals surface area contributed by atoms with Gasteiger partial charge in [0, 0.05) is 22.8 Å². The number of hydrogen-bond acceptors (Lipinski definition) is 8. The van der Waals surface area contributed by atoms with Crippen molar-refractivity contribution in [3.05, 3.63) is 48.0 Å². The lowest BCUT2D eigenvalue weighted by Crippen LogP contribution is -2.24. The molecule has 3 aromatic heterocycles. The molecule has 1 aromatic carbocycles. The third-order valence-electron chi connectivity index (χ3n) is 6.05. The summed E-state index contributed by atoms with van der Waals surface area (Å²) in [5.74, 6) is 1.14. The van der Waals surface area contributed by atoms with Crippen LogP contribution in [0.2, 0.25) is 0 Å². The van der Waals surface area contributed by atoms with Crippen LogP contribution in [0.5, 0.6) is 5.88 Å². The number of aromatic nitrogens is 6. The maximum Gasteiger partial charge on any atom is 0.229 e. The first-order valence-corrected chi connectivity index (χ1v) is 12.4. The highest BCUT2D eigenvalue weighted by Gasteiger charge is 2.29. The van der Waals surface area contributed by atoms with Gasteiger partial charge in [0.2, 0.25) is 11.8 Å². The fourth-order valence-electron chi connectivity index (χ4n) is 4.16. The maximum absolute atomic E-state index is 14.7. The number of benzene rings is 1. The molecule has 1 aliphatic carbocycles. The van der Waals surface area contributed by atoms with Crippen molar-refractivity contribution in [2.24, 2.45) is 0 Å². The molecule has 1 aliphatic rings. The van der Waals surface area contributed by atoms with Crippen LogP contribution in [-0.4, -0.2) is 42.2 Å². The molecule has 0 aliphatic heterocycles. The number of hydrogen-bond donors (Lipinski definition) is 0. The third-order valence-corrected chi connectivity index (χ3v) is 6.81. The number of halogens is 2. The van der Waals surface area contributed by atoms with Gasteiger partial charge in [-0.1, -0.05) is 19.0 Å². The Morgan fingerprint density at radius 1 is 1.12 bits per heavy atom. The minimum atomic E-state index is -0.586. The Morgan fingerprint density at radius 2 is 1.91 bits per heavy atom. The van der Waals surface area contributed by atoms with Gasteiger partial charge in [-0.05, 0) is 38.0 Å². The number of nitrogens with zero attached hydrogens (tertiary/aromatic N) is 6. The fraction of sp³-hybridized carbons (Fsp3) is 0.435. The molecular formula is C23H24F2N6O2S. The molecule has 0 spiro atoms. The third kappa shape index (κ3) is 4.24. The minimum Gasteiger partial charge on any atom is -0.474 e. The topological polar surface area (TPSA) is 91.8 Å². The van der Waals surface area contributed by atoms with Crippen LogP contribution in [0.25, 0.3) is 16.7 Å². The Balaban J connectivity index is 1.33. The molecule has 34 heavy (non-hydrogen) atoms. The van der Waals surface area contributed by atoms with Gasteiger partial charge in [-0.2, -0.15) is 10.1 Å². The summed E-state index contributed by atoms with van der Waals surface area (Å²) in [7, 11) is 0. The van der Waals surface area contributed by atoms with E-state index >= 15 is 0 Å². The van der Waals surface area contributed by atoms with Gasteiger partial charge < -0.3 is 9.26 Å². The van der Waals surface area contributed by atoms with E-state index in [0.29, 0.717) is 22.8 Å². The van der Waals surface area contributed by atoms with Crippen molar-refractivity contribution in [2.75, 3.05) is 6.26 Å². The highest BCUT2D eigenvalue weighted by atomic mass is 32.2. The van der Waals surface area contributed by atoms with Gasteiger partial charge in [0.1, 0.15) is 35.1 Å². The molecule has 0 saturated heterocycles.